The molecule has 2 aromatic rings. The Labute approximate surface area is 164 Å². The zero-order chi connectivity index (χ0) is 18.5. The summed E-state index contributed by atoms with van der Waals surface area (Å²) in [4.78, 5) is 16.7. The quantitative estimate of drug-likeness (QED) is 0.849. The Hall–Kier alpha value is -1.75. The van der Waals surface area contributed by atoms with E-state index in [1.54, 1.807) is 0 Å². The Bertz CT molecular complexity index is 760. The topological polar surface area (TPSA) is 40.2 Å². The molecule has 0 aromatic heterocycles. The second-order valence-corrected chi connectivity index (χ2v) is 7.44. The fourth-order valence-electron chi connectivity index (χ4n) is 3.26. The van der Waals surface area contributed by atoms with Gasteiger partial charge in [0.15, 0.2) is 6.54 Å². The van der Waals surface area contributed by atoms with E-state index in [9.17, 15) is 4.79 Å². The van der Waals surface area contributed by atoms with Crippen LogP contribution < -0.4 is 10.2 Å². The van der Waals surface area contributed by atoms with Gasteiger partial charge in [0.1, 0.15) is 6.04 Å². The number of carbonyl (C=O) groups excluding carboxylic acids is 1. The van der Waals surface area contributed by atoms with Crippen molar-refractivity contribution in [1.29, 1.82) is 0 Å². The molecule has 0 bridgehead atoms. The predicted octanol–water partition coefficient (Wildman–Crippen LogP) is 2.97. The normalized spacial score (nSPS) is 15.8. The third-order valence-corrected chi connectivity index (χ3v) is 5.43. The van der Waals surface area contributed by atoms with Crippen LogP contribution in [0.15, 0.2) is 48.5 Å². The van der Waals surface area contributed by atoms with Gasteiger partial charge in [-0.1, -0.05) is 47.5 Å². The van der Waals surface area contributed by atoms with Crippen LogP contribution in [0, 0.1) is 0 Å². The lowest BCUT2D eigenvalue weighted by atomic mass is 10.1. The highest BCUT2D eigenvalue weighted by Crippen LogP contribution is 2.21. The number of hydrogen-bond acceptors (Lipinski definition) is 2. The van der Waals surface area contributed by atoms with Gasteiger partial charge in [0.05, 0.1) is 0 Å². The molecule has 0 spiro atoms. The van der Waals surface area contributed by atoms with E-state index in [0.29, 0.717) is 6.54 Å². The molecule has 1 fully saturated rings. The average Bonchev–Trinajstić information content (AvgIpc) is 2.66. The van der Waals surface area contributed by atoms with E-state index in [1.807, 2.05) is 52.7 Å². The Morgan fingerprint density at radius 3 is 2.50 bits per heavy atom. The molecule has 138 valence electrons. The predicted molar refractivity (Wildman–Crippen MR) is 107 cm³/mol. The van der Waals surface area contributed by atoms with Crippen molar-refractivity contribution in [2.45, 2.75) is 13.0 Å². The number of rotatable bonds is 5. The van der Waals surface area contributed by atoms with E-state index in [1.165, 1.54) is 0 Å². The summed E-state index contributed by atoms with van der Waals surface area (Å²) in [6.07, 6.45) is 0. The summed E-state index contributed by atoms with van der Waals surface area (Å²) in [6.45, 7) is 5.63. The number of carbonyl (C=O) groups is 1. The average molecular weight is 393 g/mol. The maximum absolute atomic E-state index is 12.5. The highest BCUT2D eigenvalue weighted by atomic mass is 35.5. The van der Waals surface area contributed by atoms with Gasteiger partial charge in [-0.15, -0.1) is 0 Å². The summed E-state index contributed by atoms with van der Waals surface area (Å²) in [5.74, 6) is 0.176. The van der Waals surface area contributed by atoms with Gasteiger partial charge in [-0.3, -0.25) is 4.79 Å². The summed E-state index contributed by atoms with van der Waals surface area (Å²) in [5, 5.41) is 3.54. The van der Waals surface area contributed by atoms with Gasteiger partial charge in [0.2, 0.25) is 0 Å². The van der Waals surface area contributed by atoms with Crippen LogP contribution in [0.1, 0.15) is 18.5 Å². The fourth-order valence-corrected chi connectivity index (χ4v) is 3.76. The van der Waals surface area contributed by atoms with Gasteiger partial charge in [0.25, 0.3) is 5.91 Å². The molecule has 2 aromatic carbocycles. The Morgan fingerprint density at radius 2 is 1.81 bits per heavy atom. The maximum atomic E-state index is 12.5. The van der Waals surface area contributed by atoms with Crippen LogP contribution in [0.4, 0.5) is 5.69 Å². The lowest BCUT2D eigenvalue weighted by Crippen LogP contribution is -2.87. The van der Waals surface area contributed by atoms with E-state index < -0.39 is 0 Å². The van der Waals surface area contributed by atoms with Crippen molar-refractivity contribution in [3.8, 4) is 0 Å². The number of piperazine rings is 1. The molecule has 4 nitrogen and oxygen atoms in total. The third kappa shape index (κ3) is 4.70. The number of quaternary nitrogens is 1. The van der Waals surface area contributed by atoms with Gasteiger partial charge in [-0.25, -0.2) is 0 Å². The van der Waals surface area contributed by atoms with E-state index >= 15 is 0 Å². The monoisotopic (exact) mass is 392 g/mol. The molecule has 26 heavy (non-hydrogen) atoms. The van der Waals surface area contributed by atoms with Crippen LogP contribution in [-0.4, -0.2) is 43.5 Å². The molecule has 0 aliphatic carbocycles. The zero-order valence-electron chi connectivity index (χ0n) is 14.9. The van der Waals surface area contributed by atoms with Crippen LogP contribution in [0.5, 0.6) is 0 Å². The number of anilines is 1. The van der Waals surface area contributed by atoms with E-state index in [-0.39, 0.29) is 11.9 Å². The second-order valence-electron chi connectivity index (χ2n) is 6.60. The molecular weight excluding hydrogens is 369 g/mol. The highest BCUT2D eigenvalue weighted by molar-refractivity contribution is 6.31. The fraction of sp³-hybridized carbons (Fsp3) is 0.350. The second kappa shape index (κ2) is 8.76. The summed E-state index contributed by atoms with van der Waals surface area (Å²) in [7, 11) is 0. The van der Waals surface area contributed by atoms with Crippen molar-refractivity contribution in [3.63, 3.8) is 0 Å². The summed E-state index contributed by atoms with van der Waals surface area (Å²) >= 11 is 12.3. The first-order chi connectivity index (χ1) is 12.5. The Kier molecular flexibility index (Phi) is 6.41. The highest BCUT2D eigenvalue weighted by Gasteiger charge is 2.23. The van der Waals surface area contributed by atoms with Crippen molar-refractivity contribution >= 4 is 34.8 Å². The molecular formula is C20H24Cl2N3O+. The standard InChI is InChI=1S/C20H23Cl2N3O/c1-15(18-7-2-3-8-19(18)22)23-14-20(26)25-11-9-24(10-12-25)17-6-4-5-16(21)13-17/h2-8,13,15,23H,9-12,14H2,1H3/p+1/t15-/m0/s1. The third-order valence-electron chi connectivity index (χ3n) is 4.85. The van der Waals surface area contributed by atoms with E-state index in [2.05, 4.69) is 17.9 Å². The Balaban J connectivity index is 1.49. The molecule has 1 atom stereocenters. The van der Waals surface area contributed by atoms with Crippen molar-refractivity contribution in [3.05, 3.63) is 64.1 Å². The van der Waals surface area contributed by atoms with Gasteiger partial charge in [0, 0.05) is 47.5 Å². The molecule has 6 heteroatoms. The smallest absolute Gasteiger partial charge is 0.277 e. The molecule has 1 heterocycles. The van der Waals surface area contributed by atoms with Crippen LogP contribution in [0.3, 0.4) is 0 Å². The molecule has 0 saturated carbocycles. The zero-order valence-corrected chi connectivity index (χ0v) is 16.4. The first-order valence-electron chi connectivity index (χ1n) is 8.90. The molecule has 0 unspecified atom stereocenters. The largest absolute Gasteiger partial charge is 0.368 e. The van der Waals surface area contributed by atoms with E-state index in [0.717, 1.165) is 47.5 Å². The number of hydrogen-bond donors (Lipinski definition) is 1. The molecule has 2 N–H and O–H groups in total. The van der Waals surface area contributed by atoms with Crippen molar-refractivity contribution in [2.75, 3.05) is 37.6 Å². The minimum Gasteiger partial charge on any atom is -0.368 e. The molecule has 0 radical (unpaired) electrons. The molecule has 1 aliphatic heterocycles. The van der Waals surface area contributed by atoms with Crippen LogP contribution in [-0.2, 0) is 4.79 Å². The van der Waals surface area contributed by atoms with Crippen molar-refractivity contribution in [1.82, 2.24) is 4.90 Å². The number of amides is 1. The van der Waals surface area contributed by atoms with E-state index in [4.69, 9.17) is 23.2 Å². The van der Waals surface area contributed by atoms with Crippen molar-refractivity contribution < 1.29 is 10.1 Å². The van der Waals surface area contributed by atoms with Crippen LogP contribution in [0.25, 0.3) is 0 Å². The minimum atomic E-state index is 0.153. The summed E-state index contributed by atoms with van der Waals surface area (Å²) in [6, 6.07) is 15.8. The number of nitrogens with two attached hydrogens (primary N) is 1. The SMILES string of the molecule is C[C@H]([NH2+]CC(=O)N1CCN(c2cccc(Cl)c2)CC1)c1ccccc1Cl. The lowest BCUT2D eigenvalue weighted by Gasteiger charge is -2.36. The number of halogens is 2. The van der Waals surface area contributed by atoms with Gasteiger partial charge < -0.3 is 15.1 Å². The first kappa shape index (κ1) is 19.0. The van der Waals surface area contributed by atoms with Crippen LogP contribution in [0.2, 0.25) is 10.0 Å². The molecule has 1 aliphatic rings. The molecule has 1 amide bonds. The molecule has 1 saturated heterocycles. The van der Waals surface area contributed by atoms with Gasteiger partial charge in [-0.2, -0.15) is 0 Å². The summed E-state index contributed by atoms with van der Waals surface area (Å²) < 4.78 is 0. The Morgan fingerprint density at radius 1 is 1.08 bits per heavy atom. The lowest BCUT2D eigenvalue weighted by molar-refractivity contribution is -0.683. The number of nitrogens with zero attached hydrogens (tertiary/aromatic N) is 2. The molecule has 3 rings (SSSR count). The minimum absolute atomic E-state index is 0.153. The van der Waals surface area contributed by atoms with Gasteiger partial charge >= 0.3 is 0 Å². The number of benzene rings is 2. The van der Waals surface area contributed by atoms with Crippen LogP contribution >= 0.6 is 23.2 Å². The maximum Gasteiger partial charge on any atom is 0.277 e. The van der Waals surface area contributed by atoms with Gasteiger partial charge in [-0.05, 0) is 31.2 Å². The van der Waals surface area contributed by atoms with Crippen molar-refractivity contribution in [2.24, 2.45) is 0 Å². The first-order valence-corrected chi connectivity index (χ1v) is 9.66. The summed E-state index contributed by atoms with van der Waals surface area (Å²) in [5.41, 5.74) is 2.18.